The summed E-state index contributed by atoms with van der Waals surface area (Å²) in [6.45, 7) is 4.71. The van der Waals surface area contributed by atoms with Gasteiger partial charge in [0.1, 0.15) is 5.78 Å². The molecule has 1 unspecified atom stereocenters. The molecule has 0 aromatic rings. The molecule has 0 saturated heterocycles. The number of ketones is 1. The molecule has 0 radical (unpaired) electrons. The van der Waals surface area contributed by atoms with Gasteiger partial charge in [-0.1, -0.05) is 12.7 Å². The molecule has 0 spiro atoms. The molecule has 4 heteroatoms. The highest BCUT2D eigenvalue weighted by Crippen LogP contribution is 1.82. The Morgan fingerprint density at radius 3 is 2.64 bits per heavy atom. The molecule has 1 amide bonds. The molecular weight excluding hydrogens is 144 g/mol. The van der Waals surface area contributed by atoms with E-state index in [-0.39, 0.29) is 18.1 Å². The fourth-order valence-corrected chi connectivity index (χ4v) is 0.522. The molecule has 62 valence electrons. The fraction of sp³-hybridized carbons (Fsp3) is 0.429. The topological polar surface area (TPSA) is 72.2 Å². The van der Waals surface area contributed by atoms with Crippen LogP contribution in [0.15, 0.2) is 12.7 Å². The monoisotopic (exact) mass is 156 g/mol. The lowest BCUT2D eigenvalue weighted by molar-refractivity contribution is -0.127. The van der Waals surface area contributed by atoms with Crippen molar-refractivity contribution in [2.45, 2.75) is 19.5 Å². The minimum absolute atomic E-state index is 0.123. The Bertz CT molecular complexity index is 177. The molecule has 1 atom stereocenters. The van der Waals surface area contributed by atoms with E-state index in [2.05, 4.69) is 11.9 Å². The Labute approximate surface area is 65.5 Å². The van der Waals surface area contributed by atoms with E-state index < -0.39 is 6.17 Å². The lowest BCUT2D eigenvalue weighted by Crippen LogP contribution is -2.40. The number of amides is 1. The number of hydrogen-bond acceptors (Lipinski definition) is 3. The second-order valence-corrected chi connectivity index (χ2v) is 2.21. The van der Waals surface area contributed by atoms with Crippen molar-refractivity contribution in [1.29, 1.82) is 0 Å². The van der Waals surface area contributed by atoms with Gasteiger partial charge < -0.3 is 11.1 Å². The lowest BCUT2D eigenvalue weighted by Gasteiger charge is -2.06. The summed E-state index contributed by atoms with van der Waals surface area (Å²) >= 11 is 0. The minimum atomic E-state index is -0.568. The molecule has 0 heterocycles. The molecule has 4 nitrogen and oxygen atoms in total. The molecule has 0 bridgehead atoms. The maximum Gasteiger partial charge on any atom is 0.228 e. The van der Waals surface area contributed by atoms with E-state index in [9.17, 15) is 9.59 Å². The Kier molecular flexibility index (Phi) is 4.14. The third-order valence-corrected chi connectivity index (χ3v) is 0.991. The van der Waals surface area contributed by atoms with Crippen LogP contribution < -0.4 is 11.1 Å². The van der Waals surface area contributed by atoms with Gasteiger partial charge in [0, 0.05) is 0 Å². The predicted molar refractivity (Wildman–Crippen MR) is 41.6 cm³/mol. The van der Waals surface area contributed by atoms with Gasteiger partial charge in [-0.05, 0) is 6.92 Å². The lowest BCUT2D eigenvalue weighted by atomic mass is 10.3. The summed E-state index contributed by atoms with van der Waals surface area (Å²) in [5.74, 6) is -0.552. The number of carbonyl (C=O) groups is 2. The number of nitrogens with one attached hydrogen (secondary N) is 1. The van der Waals surface area contributed by atoms with Crippen molar-refractivity contribution in [3.8, 4) is 0 Å². The first-order valence-corrected chi connectivity index (χ1v) is 3.23. The van der Waals surface area contributed by atoms with Gasteiger partial charge in [-0.3, -0.25) is 9.59 Å². The first-order valence-electron chi connectivity index (χ1n) is 3.23. The Morgan fingerprint density at radius 2 is 2.27 bits per heavy atom. The predicted octanol–water partition coefficient (Wildman–Crippen LogP) is -0.448. The van der Waals surface area contributed by atoms with E-state index in [1.165, 1.54) is 13.0 Å². The molecule has 0 aromatic heterocycles. The van der Waals surface area contributed by atoms with E-state index in [1.54, 1.807) is 0 Å². The van der Waals surface area contributed by atoms with Crippen LogP contribution in [-0.2, 0) is 9.59 Å². The van der Waals surface area contributed by atoms with Crippen LogP contribution >= 0.6 is 0 Å². The van der Waals surface area contributed by atoms with Crippen molar-refractivity contribution in [3.63, 3.8) is 0 Å². The van der Waals surface area contributed by atoms with E-state index in [1.807, 2.05) is 0 Å². The van der Waals surface area contributed by atoms with E-state index in [0.29, 0.717) is 0 Å². The standard InChI is InChI=1S/C7H12N2O2/c1-3-6(8)9-7(11)4-5(2)10/h3,6H,1,4,8H2,2H3,(H,9,11). The summed E-state index contributed by atoms with van der Waals surface area (Å²) in [4.78, 5) is 21.2. The van der Waals surface area contributed by atoms with Gasteiger partial charge in [-0.15, -0.1) is 0 Å². The maximum absolute atomic E-state index is 10.8. The van der Waals surface area contributed by atoms with Crippen molar-refractivity contribution >= 4 is 11.7 Å². The third-order valence-electron chi connectivity index (χ3n) is 0.991. The van der Waals surface area contributed by atoms with Gasteiger partial charge in [-0.25, -0.2) is 0 Å². The smallest absolute Gasteiger partial charge is 0.228 e. The van der Waals surface area contributed by atoms with Crippen LogP contribution in [0, 0.1) is 0 Å². The normalized spacial score (nSPS) is 11.8. The number of Topliss-reactive ketones (excluding diaryl/α,β-unsaturated/α-hetero) is 1. The quantitative estimate of drug-likeness (QED) is 0.329. The summed E-state index contributed by atoms with van der Waals surface area (Å²) in [5.41, 5.74) is 5.29. The van der Waals surface area contributed by atoms with Gasteiger partial charge in [0.2, 0.25) is 5.91 Å². The summed E-state index contributed by atoms with van der Waals surface area (Å²) in [6.07, 6.45) is 0.696. The van der Waals surface area contributed by atoms with Crippen LogP contribution in [0.5, 0.6) is 0 Å². The van der Waals surface area contributed by atoms with Crippen LogP contribution in [-0.4, -0.2) is 17.9 Å². The average Bonchev–Trinajstić information content (AvgIpc) is 1.85. The van der Waals surface area contributed by atoms with Gasteiger partial charge >= 0.3 is 0 Å². The highest BCUT2D eigenvalue weighted by molar-refractivity contribution is 5.96. The summed E-state index contributed by atoms with van der Waals surface area (Å²) in [7, 11) is 0. The SMILES string of the molecule is C=CC(N)NC(=O)CC(C)=O. The molecule has 0 saturated carbocycles. The van der Waals surface area contributed by atoms with Crippen molar-refractivity contribution in [1.82, 2.24) is 5.32 Å². The summed E-state index contributed by atoms with van der Waals surface area (Å²) < 4.78 is 0. The highest BCUT2D eigenvalue weighted by Gasteiger charge is 2.05. The number of carbonyl (C=O) groups excluding carboxylic acids is 2. The molecule has 3 N–H and O–H groups in total. The molecule has 0 fully saturated rings. The molecule has 0 aliphatic heterocycles. The number of rotatable bonds is 4. The zero-order chi connectivity index (χ0) is 8.85. The van der Waals surface area contributed by atoms with Gasteiger partial charge in [0.25, 0.3) is 0 Å². The Hall–Kier alpha value is -1.16. The number of nitrogens with two attached hydrogens (primary N) is 1. The van der Waals surface area contributed by atoms with Crippen molar-refractivity contribution in [3.05, 3.63) is 12.7 Å². The maximum atomic E-state index is 10.8. The van der Waals surface area contributed by atoms with Crippen molar-refractivity contribution in [2.75, 3.05) is 0 Å². The molecule has 0 aliphatic rings. The number of hydrogen-bond donors (Lipinski definition) is 2. The Morgan fingerprint density at radius 1 is 1.73 bits per heavy atom. The second-order valence-electron chi connectivity index (χ2n) is 2.21. The van der Waals surface area contributed by atoms with Gasteiger partial charge in [-0.2, -0.15) is 0 Å². The van der Waals surface area contributed by atoms with Crippen molar-refractivity contribution in [2.24, 2.45) is 5.73 Å². The highest BCUT2D eigenvalue weighted by atomic mass is 16.2. The van der Waals surface area contributed by atoms with Crippen LogP contribution in [0.2, 0.25) is 0 Å². The third kappa shape index (κ3) is 5.29. The summed E-state index contributed by atoms with van der Waals surface area (Å²) in [6, 6.07) is 0. The average molecular weight is 156 g/mol. The van der Waals surface area contributed by atoms with Crippen molar-refractivity contribution < 1.29 is 9.59 Å². The molecule has 0 rings (SSSR count). The molecular formula is C7H12N2O2. The molecule has 11 heavy (non-hydrogen) atoms. The van der Waals surface area contributed by atoms with Crippen LogP contribution in [0.25, 0.3) is 0 Å². The minimum Gasteiger partial charge on any atom is -0.337 e. The zero-order valence-corrected chi connectivity index (χ0v) is 6.46. The van der Waals surface area contributed by atoms with Crippen LogP contribution in [0.4, 0.5) is 0 Å². The van der Waals surface area contributed by atoms with Crippen LogP contribution in [0.3, 0.4) is 0 Å². The molecule has 0 aromatic carbocycles. The zero-order valence-electron chi connectivity index (χ0n) is 6.46. The van der Waals surface area contributed by atoms with Crippen LogP contribution in [0.1, 0.15) is 13.3 Å². The summed E-state index contributed by atoms with van der Waals surface area (Å²) in [5, 5.41) is 2.36. The largest absolute Gasteiger partial charge is 0.337 e. The molecule has 0 aliphatic carbocycles. The first kappa shape index (κ1) is 9.84. The van der Waals surface area contributed by atoms with E-state index in [0.717, 1.165) is 0 Å². The first-order chi connectivity index (χ1) is 5.06. The van der Waals surface area contributed by atoms with Gasteiger partial charge in [0.15, 0.2) is 0 Å². The Balaban J connectivity index is 3.69. The second kappa shape index (κ2) is 4.62. The van der Waals surface area contributed by atoms with E-state index >= 15 is 0 Å². The van der Waals surface area contributed by atoms with E-state index in [4.69, 9.17) is 5.73 Å². The van der Waals surface area contributed by atoms with Gasteiger partial charge in [0.05, 0.1) is 12.6 Å². The fourth-order valence-electron chi connectivity index (χ4n) is 0.522.